The molecule has 4 aromatic rings. The van der Waals surface area contributed by atoms with E-state index >= 15 is 4.39 Å². The van der Waals surface area contributed by atoms with Crippen LogP contribution in [-0.4, -0.2) is 53.8 Å². The zero-order chi connectivity index (χ0) is 37.7. The monoisotopic (exact) mass is 747 g/mol. The summed E-state index contributed by atoms with van der Waals surface area (Å²) in [7, 11) is 1.38. The van der Waals surface area contributed by atoms with Crippen molar-refractivity contribution in [1.29, 1.82) is 0 Å². The van der Waals surface area contributed by atoms with Gasteiger partial charge in [-0.25, -0.2) is 14.0 Å². The van der Waals surface area contributed by atoms with Gasteiger partial charge in [0.1, 0.15) is 11.6 Å². The van der Waals surface area contributed by atoms with Crippen LogP contribution in [0.4, 0.5) is 15.8 Å². The molecule has 0 aromatic heterocycles. The molecule has 1 amide bonds. The summed E-state index contributed by atoms with van der Waals surface area (Å²) in [6.07, 6.45) is 0.601. The Morgan fingerprint density at radius 3 is 2.31 bits per heavy atom. The molecule has 0 bridgehead atoms. The van der Waals surface area contributed by atoms with E-state index in [-0.39, 0.29) is 50.6 Å². The Labute approximate surface area is 311 Å². The van der Waals surface area contributed by atoms with E-state index in [1.54, 1.807) is 42.5 Å². The zero-order valence-corrected chi connectivity index (χ0v) is 30.8. The van der Waals surface area contributed by atoms with E-state index in [0.717, 1.165) is 16.8 Å². The summed E-state index contributed by atoms with van der Waals surface area (Å²) in [6, 6.07) is 19.7. The Bertz CT molecular complexity index is 2050. The van der Waals surface area contributed by atoms with Gasteiger partial charge in [-0.1, -0.05) is 74.3 Å². The van der Waals surface area contributed by atoms with Gasteiger partial charge in [0, 0.05) is 34.6 Å². The number of hydrogen-bond donors (Lipinski definition) is 4. The molecule has 4 aromatic carbocycles. The highest BCUT2D eigenvalue weighted by molar-refractivity contribution is 6.31. The highest BCUT2D eigenvalue weighted by Gasteiger charge is 2.63. The molecule has 4 N–H and O–H groups in total. The van der Waals surface area contributed by atoms with Crippen molar-refractivity contribution in [3.63, 3.8) is 0 Å². The number of carbonyl (C=O) groups excluding carboxylic acids is 1. The number of aromatic carboxylic acids is 2. The first-order chi connectivity index (χ1) is 24.5. The molecule has 2 heterocycles. The van der Waals surface area contributed by atoms with E-state index in [1.807, 2.05) is 19.1 Å². The number of fused-ring (bicyclic) bond motifs is 2. The summed E-state index contributed by atoms with van der Waals surface area (Å²) < 4.78 is 21.9. The van der Waals surface area contributed by atoms with E-state index in [4.69, 9.17) is 27.9 Å². The van der Waals surface area contributed by atoms with Gasteiger partial charge in [0.15, 0.2) is 0 Å². The second kappa shape index (κ2) is 14.1. The Morgan fingerprint density at radius 1 is 1.00 bits per heavy atom. The van der Waals surface area contributed by atoms with Gasteiger partial charge in [0.05, 0.1) is 41.0 Å². The second-order valence-corrected chi connectivity index (χ2v) is 15.6. The van der Waals surface area contributed by atoms with Gasteiger partial charge in [-0.3, -0.25) is 4.79 Å². The molecule has 0 aliphatic carbocycles. The minimum absolute atomic E-state index is 0.00931. The minimum atomic E-state index is -1.14. The van der Waals surface area contributed by atoms with Crippen molar-refractivity contribution < 1.29 is 33.7 Å². The number of hydrogen-bond acceptors (Lipinski definition) is 6. The number of halogens is 3. The number of ether oxygens (including phenoxy) is 1. The van der Waals surface area contributed by atoms with Gasteiger partial charge < -0.3 is 30.5 Å². The third-order valence-corrected chi connectivity index (χ3v) is 10.8. The number of rotatable bonds is 9. The average Bonchev–Trinajstić information content (AvgIpc) is 3.59. The fourth-order valence-electron chi connectivity index (χ4n) is 7.99. The van der Waals surface area contributed by atoms with Gasteiger partial charge in [0.2, 0.25) is 5.91 Å². The van der Waals surface area contributed by atoms with E-state index in [9.17, 15) is 24.6 Å². The maximum absolute atomic E-state index is 16.5. The molecule has 12 heteroatoms. The largest absolute Gasteiger partial charge is 0.495 e. The lowest BCUT2D eigenvalue weighted by molar-refractivity contribution is -0.118. The molecule has 272 valence electrons. The molecule has 0 radical (unpaired) electrons. The predicted molar refractivity (Wildman–Crippen MR) is 200 cm³/mol. The maximum Gasteiger partial charge on any atom is 0.335 e. The van der Waals surface area contributed by atoms with Crippen molar-refractivity contribution in [3.05, 3.63) is 123 Å². The number of benzene rings is 4. The molecule has 2 aliphatic heterocycles. The first-order valence-corrected chi connectivity index (χ1v) is 17.6. The molecule has 52 heavy (non-hydrogen) atoms. The molecular formula is C40H40Cl2FN3O6. The van der Waals surface area contributed by atoms with Crippen LogP contribution in [-0.2, 0) is 10.2 Å². The van der Waals surface area contributed by atoms with Gasteiger partial charge in [0.25, 0.3) is 0 Å². The summed E-state index contributed by atoms with van der Waals surface area (Å²) in [5.74, 6) is -3.90. The normalized spacial score (nSPS) is 21.5. The highest BCUT2D eigenvalue weighted by Crippen LogP contribution is 2.59. The number of carboxylic acids is 2. The van der Waals surface area contributed by atoms with Crippen LogP contribution in [0, 0.1) is 11.2 Å². The summed E-state index contributed by atoms with van der Waals surface area (Å²) in [5, 5.41) is 26.1. The lowest BCUT2D eigenvalue weighted by atomic mass is 9.63. The molecule has 0 saturated carbocycles. The van der Waals surface area contributed by atoms with Crippen LogP contribution >= 0.6 is 23.2 Å². The maximum atomic E-state index is 16.5. The van der Waals surface area contributed by atoms with Crippen LogP contribution in [0.25, 0.3) is 0 Å². The van der Waals surface area contributed by atoms with E-state index in [1.165, 1.54) is 31.4 Å². The first kappa shape index (κ1) is 37.1. The number of nitrogens with zero attached hydrogens (tertiary/aromatic N) is 1. The topological polar surface area (TPSA) is 128 Å². The Balaban J connectivity index is 1.54. The summed E-state index contributed by atoms with van der Waals surface area (Å²) in [4.78, 5) is 40.1. The van der Waals surface area contributed by atoms with Gasteiger partial charge >= 0.3 is 11.9 Å². The van der Waals surface area contributed by atoms with Gasteiger partial charge in [-0.2, -0.15) is 0 Å². The second-order valence-electron chi connectivity index (χ2n) is 14.7. The van der Waals surface area contributed by atoms with Gasteiger partial charge in [-0.05, 0) is 84.0 Å². The summed E-state index contributed by atoms with van der Waals surface area (Å²) >= 11 is 13.1. The predicted octanol–water partition coefficient (Wildman–Crippen LogP) is 8.56. The SMILES string of the molecule is COc1cc(C(=O)O)ccc1NC(=O)[C@@H]1N[C@@H](CC(C)(C)C)[C@@]2(CN([C@@H](C)c3ccc(C(=O)O)cc3)c3cc(Cl)ccc32)[C@H]1c1cccc(Cl)c1F. The molecular weight excluding hydrogens is 708 g/mol. The van der Waals surface area contributed by atoms with E-state index in [0.29, 0.717) is 18.0 Å². The fourth-order valence-corrected chi connectivity index (χ4v) is 8.34. The molecule has 1 spiro atoms. The number of amides is 1. The van der Waals surface area contributed by atoms with Crippen molar-refractivity contribution >= 4 is 52.4 Å². The van der Waals surface area contributed by atoms with Crippen molar-refractivity contribution in [2.24, 2.45) is 5.41 Å². The van der Waals surface area contributed by atoms with E-state index in [2.05, 4.69) is 36.3 Å². The van der Waals surface area contributed by atoms with Crippen molar-refractivity contribution in [2.45, 2.75) is 63.6 Å². The smallest absolute Gasteiger partial charge is 0.335 e. The molecule has 1 saturated heterocycles. The molecule has 5 atom stereocenters. The molecule has 9 nitrogen and oxygen atoms in total. The lowest BCUT2D eigenvalue weighted by Crippen LogP contribution is -2.48. The number of carbonyl (C=O) groups is 3. The Hall–Kier alpha value is -4.64. The van der Waals surface area contributed by atoms with Crippen LogP contribution < -0.4 is 20.3 Å². The standard InChI is InChI=1S/C40H40Cl2FN3O6/c1-21(22-9-11-23(12-10-22)37(48)49)46-20-40(27-15-14-25(41)18-30(27)46)32(19-39(2,3)4)45-35(33(40)26-7-6-8-28(42)34(26)43)36(47)44-29-16-13-24(38(50)51)17-31(29)52-5/h6-18,21,32-33,35,45H,19-20H2,1-5H3,(H,44,47)(H,48,49)(H,50,51)/t21-,32-,33-,35+,40-/m0/s1. The fraction of sp³-hybridized carbons (Fsp3) is 0.325. The number of anilines is 2. The van der Waals surface area contributed by atoms with Crippen molar-refractivity contribution in [2.75, 3.05) is 23.9 Å². The van der Waals surface area contributed by atoms with Gasteiger partial charge in [-0.15, -0.1) is 0 Å². The molecule has 2 aliphatic rings. The van der Waals surface area contributed by atoms with Crippen molar-refractivity contribution in [1.82, 2.24) is 5.32 Å². The number of methoxy groups -OCH3 is 1. The summed E-state index contributed by atoms with van der Waals surface area (Å²) in [5.41, 5.74) is 2.12. The number of carboxylic acid groups (broad SMARTS) is 2. The van der Waals surface area contributed by atoms with Crippen LogP contribution in [0.3, 0.4) is 0 Å². The lowest BCUT2D eigenvalue weighted by Gasteiger charge is -2.41. The highest BCUT2D eigenvalue weighted by atomic mass is 35.5. The minimum Gasteiger partial charge on any atom is -0.495 e. The van der Waals surface area contributed by atoms with Crippen LogP contribution in [0.15, 0.2) is 78.9 Å². The molecule has 6 rings (SSSR count). The van der Waals surface area contributed by atoms with E-state index < -0.39 is 41.0 Å². The van der Waals surface area contributed by atoms with Crippen LogP contribution in [0.2, 0.25) is 10.0 Å². The third kappa shape index (κ3) is 6.71. The van der Waals surface area contributed by atoms with Crippen LogP contribution in [0.1, 0.15) is 83.5 Å². The first-order valence-electron chi connectivity index (χ1n) is 16.9. The molecule has 1 fully saturated rings. The quantitative estimate of drug-likeness (QED) is 0.134. The Kier molecular flexibility index (Phi) is 10.0. The molecule has 0 unspecified atom stereocenters. The third-order valence-electron chi connectivity index (χ3n) is 10.3. The van der Waals surface area contributed by atoms with Crippen LogP contribution in [0.5, 0.6) is 5.75 Å². The van der Waals surface area contributed by atoms with Crippen molar-refractivity contribution in [3.8, 4) is 5.75 Å². The summed E-state index contributed by atoms with van der Waals surface area (Å²) in [6.45, 7) is 8.72. The average molecular weight is 749 g/mol. The number of nitrogens with one attached hydrogen (secondary N) is 2. The Morgan fingerprint density at radius 2 is 1.67 bits per heavy atom. The zero-order valence-electron chi connectivity index (χ0n) is 29.3.